The molecule has 16 heavy (non-hydrogen) atoms. The lowest BCUT2D eigenvalue weighted by Crippen LogP contribution is -2.50. The highest BCUT2D eigenvalue weighted by atomic mass is 16.5. The third-order valence-corrected chi connectivity index (χ3v) is 2.54. The Bertz CT molecular complexity index is 445. The summed E-state index contributed by atoms with van der Waals surface area (Å²) >= 11 is 0. The monoisotopic (exact) mass is 220 g/mol. The molecular weight excluding hydrogens is 208 g/mol. The van der Waals surface area contributed by atoms with Crippen LogP contribution in [-0.4, -0.2) is 24.5 Å². The van der Waals surface area contributed by atoms with Gasteiger partial charge in [-0.25, -0.2) is 0 Å². The van der Waals surface area contributed by atoms with E-state index in [-0.39, 0.29) is 12.5 Å². The molecular formula is C11H12N2O3. The Morgan fingerprint density at radius 1 is 1.50 bits per heavy atom. The first-order chi connectivity index (χ1) is 7.61. The number of hydrogen-bond donors (Lipinski definition) is 1. The van der Waals surface area contributed by atoms with E-state index < -0.39 is 11.9 Å². The number of amides is 2. The van der Waals surface area contributed by atoms with Crippen LogP contribution in [0.5, 0.6) is 5.75 Å². The number of benzene rings is 1. The lowest BCUT2D eigenvalue weighted by Gasteiger charge is -2.32. The van der Waals surface area contributed by atoms with Gasteiger partial charge in [-0.3, -0.25) is 14.5 Å². The van der Waals surface area contributed by atoms with Gasteiger partial charge in [-0.2, -0.15) is 0 Å². The summed E-state index contributed by atoms with van der Waals surface area (Å²) in [7, 11) is 0. The average molecular weight is 220 g/mol. The first kappa shape index (κ1) is 10.5. The van der Waals surface area contributed by atoms with E-state index >= 15 is 0 Å². The zero-order valence-corrected chi connectivity index (χ0v) is 8.84. The van der Waals surface area contributed by atoms with Crippen molar-refractivity contribution in [1.29, 1.82) is 0 Å². The minimum absolute atomic E-state index is 0.0609. The number of hydrogen-bond acceptors (Lipinski definition) is 3. The molecule has 84 valence electrons. The number of para-hydroxylation sites is 2. The molecule has 0 aromatic heterocycles. The quantitative estimate of drug-likeness (QED) is 0.778. The van der Waals surface area contributed by atoms with Gasteiger partial charge in [0, 0.05) is 0 Å². The van der Waals surface area contributed by atoms with Gasteiger partial charge in [0.1, 0.15) is 11.8 Å². The Balaban J connectivity index is 2.44. The molecule has 1 aromatic rings. The van der Waals surface area contributed by atoms with Gasteiger partial charge < -0.3 is 10.5 Å². The molecule has 1 atom stereocenters. The summed E-state index contributed by atoms with van der Waals surface area (Å²) in [6.07, 6.45) is 0. The smallest absolute Gasteiger partial charge is 0.265 e. The van der Waals surface area contributed by atoms with Gasteiger partial charge in [-0.05, 0) is 19.1 Å². The van der Waals surface area contributed by atoms with Crippen LogP contribution in [0.15, 0.2) is 24.3 Å². The van der Waals surface area contributed by atoms with E-state index in [2.05, 4.69) is 0 Å². The fourth-order valence-corrected chi connectivity index (χ4v) is 1.67. The van der Waals surface area contributed by atoms with Crippen molar-refractivity contribution in [2.24, 2.45) is 5.73 Å². The summed E-state index contributed by atoms with van der Waals surface area (Å²) in [6.45, 7) is 1.54. The Morgan fingerprint density at radius 2 is 2.19 bits per heavy atom. The van der Waals surface area contributed by atoms with Crippen LogP contribution < -0.4 is 15.4 Å². The van der Waals surface area contributed by atoms with Crippen molar-refractivity contribution in [3.63, 3.8) is 0 Å². The number of fused-ring (bicyclic) bond motifs is 1. The fraction of sp³-hybridized carbons (Fsp3) is 0.273. The van der Waals surface area contributed by atoms with Crippen molar-refractivity contribution in [2.75, 3.05) is 11.5 Å². The standard InChI is InChI=1S/C11H12N2O3/c1-7(11(12)15)13-8-4-2-3-5-9(8)16-6-10(13)14/h2-5,7H,6H2,1H3,(H2,12,15). The number of ether oxygens (including phenoxy) is 1. The van der Waals surface area contributed by atoms with Crippen molar-refractivity contribution in [2.45, 2.75) is 13.0 Å². The molecule has 1 unspecified atom stereocenters. The summed E-state index contributed by atoms with van der Waals surface area (Å²) in [6, 6.07) is 6.40. The Hall–Kier alpha value is -2.04. The highest BCUT2D eigenvalue weighted by Gasteiger charge is 2.31. The number of carbonyl (C=O) groups is 2. The molecule has 1 aliphatic rings. The van der Waals surface area contributed by atoms with E-state index in [0.29, 0.717) is 11.4 Å². The van der Waals surface area contributed by atoms with E-state index in [0.717, 1.165) is 0 Å². The van der Waals surface area contributed by atoms with E-state index in [9.17, 15) is 9.59 Å². The first-order valence-electron chi connectivity index (χ1n) is 4.94. The van der Waals surface area contributed by atoms with Crippen molar-refractivity contribution < 1.29 is 14.3 Å². The van der Waals surface area contributed by atoms with Crippen molar-refractivity contribution in [3.05, 3.63) is 24.3 Å². The van der Waals surface area contributed by atoms with Crippen LogP contribution in [-0.2, 0) is 9.59 Å². The second kappa shape index (κ2) is 3.84. The van der Waals surface area contributed by atoms with Gasteiger partial charge in [0.15, 0.2) is 6.61 Å². The number of anilines is 1. The second-order valence-electron chi connectivity index (χ2n) is 3.60. The first-order valence-corrected chi connectivity index (χ1v) is 4.94. The van der Waals surface area contributed by atoms with Crippen LogP contribution >= 0.6 is 0 Å². The molecule has 0 radical (unpaired) electrons. The second-order valence-corrected chi connectivity index (χ2v) is 3.60. The Morgan fingerprint density at radius 3 is 2.88 bits per heavy atom. The zero-order chi connectivity index (χ0) is 11.7. The Kier molecular flexibility index (Phi) is 2.52. The lowest BCUT2D eigenvalue weighted by molar-refractivity contribution is -0.126. The van der Waals surface area contributed by atoms with Crippen LogP contribution in [0.25, 0.3) is 0 Å². The van der Waals surface area contributed by atoms with Crippen LogP contribution in [0, 0.1) is 0 Å². The fourth-order valence-electron chi connectivity index (χ4n) is 1.67. The maximum Gasteiger partial charge on any atom is 0.265 e. The molecule has 2 amide bonds. The van der Waals surface area contributed by atoms with Crippen LogP contribution in [0.4, 0.5) is 5.69 Å². The predicted molar refractivity (Wildman–Crippen MR) is 58.1 cm³/mol. The van der Waals surface area contributed by atoms with Gasteiger partial charge in [0.05, 0.1) is 5.69 Å². The molecule has 0 bridgehead atoms. The third kappa shape index (κ3) is 1.60. The normalized spacial score (nSPS) is 16.3. The van der Waals surface area contributed by atoms with Crippen molar-refractivity contribution in [1.82, 2.24) is 0 Å². The summed E-state index contributed by atoms with van der Waals surface area (Å²) < 4.78 is 5.25. The zero-order valence-electron chi connectivity index (χ0n) is 8.84. The summed E-state index contributed by atoms with van der Waals surface area (Å²) in [5, 5.41) is 0. The minimum Gasteiger partial charge on any atom is -0.482 e. The lowest BCUT2D eigenvalue weighted by atomic mass is 10.1. The molecule has 1 heterocycles. The number of nitrogens with zero attached hydrogens (tertiary/aromatic N) is 1. The van der Waals surface area contributed by atoms with E-state index in [1.165, 1.54) is 4.90 Å². The number of primary amides is 1. The van der Waals surface area contributed by atoms with Crippen molar-refractivity contribution >= 4 is 17.5 Å². The summed E-state index contributed by atoms with van der Waals surface area (Å²) in [5.41, 5.74) is 5.80. The molecule has 1 aliphatic heterocycles. The molecule has 0 saturated carbocycles. The van der Waals surface area contributed by atoms with E-state index in [4.69, 9.17) is 10.5 Å². The molecule has 0 spiro atoms. The SMILES string of the molecule is CC(C(N)=O)N1C(=O)COc2ccccc21. The van der Waals surface area contributed by atoms with Crippen LogP contribution in [0.2, 0.25) is 0 Å². The topological polar surface area (TPSA) is 72.6 Å². The molecule has 0 aliphatic carbocycles. The third-order valence-electron chi connectivity index (χ3n) is 2.54. The molecule has 2 N–H and O–H groups in total. The summed E-state index contributed by atoms with van der Waals surface area (Å²) in [4.78, 5) is 24.2. The maximum atomic E-state index is 11.7. The molecule has 1 aromatic carbocycles. The van der Waals surface area contributed by atoms with Gasteiger partial charge in [0.25, 0.3) is 5.91 Å². The summed E-state index contributed by atoms with van der Waals surface area (Å²) in [5.74, 6) is -0.203. The number of nitrogens with two attached hydrogens (primary N) is 1. The molecule has 0 saturated heterocycles. The number of rotatable bonds is 2. The average Bonchev–Trinajstić information content (AvgIpc) is 2.28. The maximum absolute atomic E-state index is 11.7. The predicted octanol–water partition coefficient (Wildman–Crippen LogP) is 0.286. The van der Waals surface area contributed by atoms with Gasteiger partial charge >= 0.3 is 0 Å². The van der Waals surface area contributed by atoms with Gasteiger partial charge in [-0.15, -0.1) is 0 Å². The molecule has 5 nitrogen and oxygen atoms in total. The molecule has 2 rings (SSSR count). The van der Waals surface area contributed by atoms with E-state index in [1.54, 1.807) is 25.1 Å². The van der Waals surface area contributed by atoms with Crippen LogP contribution in [0.3, 0.4) is 0 Å². The highest BCUT2D eigenvalue weighted by Crippen LogP contribution is 2.32. The van der Waals surface area contributed by atoms with Crippen LogP contribution in [0.1, 0.15) is 6.92 Å². The highest BCUT2D eigenvalue weighted by molar-refractivity contribution is 6.03. The van der Waals surface area contributed by atoms with Gasteiger partial charge in [0.2, 0.25) is 5.91 Å². The minimum atomic E-state index is -0.669. The van der Waals surface area contributed by atoms with E-state index in [1.807, 2.05) is 6.07 Å². The number of carbonyl (C=O) groups excluding carboxylic acids is 2. The van der Waals surface area contributed by atoms with Gasteiger partial charge in [-0.1, -0.05) is 12.1 Å². The Labute approximate surface area is 92.8 Å². The largest absolute Gasteiger partial charge is 0.482 e. The molecule has 5 heteroatoms. The molecule has 0 fully saturated rings. The van der Waals surface area contributed by atoms with Crippen molar-refractivity contribution in [3.8, 4) is 5.75 Å².